The Hall–Kier alpha value is -3.75. The van der Waals surface area contributed by atoms with Crippen LogP contribution in [0.4, 0.5) is 5.69 Å². The van der Waals surface area contributed by atoms with Gasteiger partial charge in [0.2, 0.25) is 4.77 Å². The first-order valence-corrected chi connectivity index (χ1v) is 13.5. The Kier molecular flexibility index (Phi) is 9.00. The highest BCUT2D eigenvalue weighted by Crippen LogP contribution is 2.34. The predicted molar refractivity (Wildman–Crippen MR) is 155 cm³/mol. The van der Waals surface area contributed by atoms with Crippen LogP contribution in [0.2, 0.25) is 10.0 Å². The Morgan fingerprint density at radius 1 is 1.17 bits per heavy atom. The number of morpholine rings is 1. The number of furan rings is 1. The smallest absolute Gasteiger partial charge is 0.284 e. The van der Waals surface area contributed by atoms with E-state index >= 15 is 0 Å². The lowest BCUT2D eigenvalue weighted by Gasteiger charge is -2.25. The van der Waals surface area contributed by atoms with Crippen LogP contribution in [-0.2, 0) is 18.0 Å². The van der Waals surface area contributed by atoms with E-state index in [-0.39, 0.29) is 12.3 Å². The number of nitrogens with zero attached hydrogens (tertiary/aromatic N) is 6. The molecule has 0 radical (unpaired) electrons. The molecule has 15 heteroatoms. The maximum atomic E-state index is 11.6. The van der Waals surface area contributed by atoms with Crippen molar-refractivity contribution in [1.29, 1.82) is 0 Å². The molecule has 0 spiro atoms. The van der Waals surface area contributed by atoms with Crippen LogP contribution in [0.3, 0.4) is 0 Å². The first-order valence-electron chi connectivity index (χ1n) is 12.4. The van der Waals surface area contributed by atoms with E-state index in [1.165, 1.54) is 24.1 Å². The lowest BCUT2D eigenvalue weighted by molar-refractivity contribution is -0.384. The van der Waals surface area contributed by atoms with Gasteiger partial charge in [-0.2, -0.15) is 9.78 Å². The van der Waals surface area contributed by atoms with Crippen molar-refractivity contribution in [3.05, 3.63) is 85.0 Å². The van der Waals surface area contributed by atoms with Crippen LogP contribution in [0.15, 0.2) is 58.0 Å². The zero-order valence-electron chi connectivity index (χ0n) is 21.7. The molecule has 0 amide bonds. The van der Waals surface area contributed by atoms with Gasteiger partial charge in [-0.05, 0) is 54.7 Å². The molecule has 1 aliphatic rings. The van der Waals surface area contributed by atoms with Crippen LogP contribution in [0.5, 0.6) is 11.5 Å². The second-order valence-corrected chi connectivity index (χ2v) is 10.0. The van der Waals surface area contributed by atoms with Crippen molar-refractivity contribution in [2.45, 2.75) is 13.3 Å². The Labute approximate surface area is 249 Å². The molecule has 0 N–H and O–H groups in total. The van der Waals surface area contributed by atoms with E-state index in [1.54, 1.807) is 47.1 Å². The summed E-state index contributed by atoms with van der Waals surface area (Å²) >= 11 is 18.0. The predicted octanol–water partition coefficient (Wildman–Crippen LogP) is 5.65. The first kappa shape index (κ1) is 28.8. The summed E-state index contributed by atoms with van der Waals surface area (Å²) in [7, 11) is 1.44. The van der Waals surface area contributed by atoms with E-state index in [0.717, 1.165) is 13.1 Å². The molecule has 3 heterocycles. The lowest BCUT2D eigenvalue weighted by Crippen LogP contribution is -2.37. The quantitative estimate of drug-likeness (QED) is 0.0960. The van der Waals surface area contributed by atoms with Crippen LogP contribution in [0.25, 0.3) is 11.3 Å². The minimum absolute atomic E-state index is 0.0138. The summed E-state index contributed by atoms with van der Waals surface area (Å²) in [6, 6.07) is 12.7. The van der Waals surface area contributed by atoms with Crippen LogP contribution >= 0.6 is 35.4 Å². The topological polar surface area (TPSA) is 122 Å². The van der Waals surface area contributed by atoms with Crippen molar-refractivity contribution in [2.75, 3.05) is 33.4 Å². The third kappa shape index (κ3) is 6.77. The Morgan fingerprint density at radius 2 is 1.98 bits per heavy atom. The number of nitro groups is 1. The van der Waals surface area contributed by atoms with Gasteiger partial charge in [-0.1, -0.05) is 23.2 Å². The molecule has 2 aromatic carbocycles. The van der Waals surface area contributed by atoms with E-state index in [1.807, 2.05) is 0 Å². The molecule has 0 aliphatic carbocycles. The number of ether oxygens (including phenoxy) is 3. The summed E-state index contributed by atoms with van der Waals surface area (Å²) in [4.78, 5) is 13.3. The van der Waals surface area contributed by atoms with Gasteiger partial charge in [-0.15, -0.1) is 5.10 Å². The molecule has 0 atom stereocenters. The number of methoxy groups -OCH3 is 1. The third-order valence-corrected chi connectivity index (χ3v) is 7.08. The molecule has 12 nitrogen and oxygen atoms in total. The number of hydrogen-bond acceptors (Lipinski definition) is 10. The molecule has 0 bridgehead atoms. The highest BCUT2D eigenvalue weighted by molar-refractivity contribution is 7.71. The van der Waals surface area contributed by atoms with E-state index < -0.39 is 4.92 Å². The minimum Gasteiger partial charge on any atom is -0.497 e. The summed E-state index contributed by atoms with van der Waals surface area (Å²) in [6.07, 6.45) is 1.45. The average Bonchev–Trinajstić information content (AvgIpc) is 3.55. The first-order chi connectivity index (χ1) is 19.8. The number of aromatic nitrogens is 3. The molecule has 214 valence electrons. The van der Waals surface area contributed by atoms with Crippen molar-refractivity contribution in [2.24, 2.45) is 5.10 Å². The summed E-state index contributed by atoms with van der Waals surface area (Å²) in [5.41, 5.74) is 0.161. The number of rotatable bonds is 10. The summed E-state index contributed by atoms with van der Waals surface area (Å²) < 4.78 is 25.8. The largest absolute Gasteiger partial charge is 0.497 e. The van der Waals surface area contributed by atoms with Crippen LogP contribution < -0.4 is 9.47 Å². The highest BCUT2D eigenvalue weighted by atomic mass is 35.5. The van der Waals surface area contributed by atoms with Gasteiger partial charge in [0.15, 0.2) is 5.82 Å². The Bertz CT molecular complexity index is 1650. The van der Waals surface area contributed by atoms with Crippen molar-refractivity contribution >= 4 is 47.3 Å². The number of halogens is 2. The van der Waals surface area contributed by atoms with Crippen molar-refractivity contribution in [3.8, 4) is 22.8 Å². The molecule has 0 unspecified atom stereocenters. The second kappa shape index (κ2) is 12.8. The fourth-order valence-electron chi connectivity index (χ4n) is 4.09. The molecule has 5 rings (SSSR count). The molecule has 1 saturated heterocycles. The Balaban J connectivity index is 1.42. The fourth-order valence-corrected chi connectivity index (χ4v) is 4.80. The van der Waals surface area contributed by atoms with Gasteiger partial charge >= 0.3 is 0 Å². The summed E-state index contributed by atoms with van der Waals surface area (Å²) in [5.74, 6) is 1.86. The van der Waals surface area contributed by atoms with E-state index in [0.29, 0.717) is 69.1 Å². The lowest BCUT2D eigenvalue weighted by atomic mass is 10.1. The van der Waals surface area contributed by atoms with Gasteiger partial charge in [0, 0.05) is 18.1 Å². The third-order valence-electron chi connectivity index (χ3n) is 6.17. The number of nitro benzene ring substituents is 1. The van der Waals surface area contributed by atoms with Gasteiger partial charge in [-0.3, -0.25) is 15.0 Å². The average molecular weight is 619 g/mol. The van der Waals surface area contributed by atoms with Gasteiger partial charge < -0.3 is 18.6 Å². The molecular weight excluding hydrogens is 595 g/mol. The monoisotopic (exact) mass is 618 g/mol. The zero-order valence-corrected chi connectivity index (χ0v) is 24.1. The molecule has 41 heavy (non-hydrogen) atoms. The maximum Gasteiger partial charge on any atom is 0.284 e. The van der Waals surface area contributed by atoms with E-state index in [4.69, 9.17) is 54.0 Å². The molecule has 1 aliphatic heterocycles. The summed E-state index contributed by atoms with van der Waals surface area (Å²) in [6.45, 7) is 3.22. The van der Waals surface area contributed by atoms with E-state index in [2.05, 4.69) is 15.1 Å². The van der Waals surface area contributed by atoms with Crippen molar-refractivity contribution in [1.82, 2.24) is 19.4 Å². The van der Waals surface area contributed by atoms with Crippen LogP contribution in [-0.4, -0.2) is 63.9 Å². The summed E-state index contributed by atoms with van der Waals surface area (Å²) in [5, 5.41) is 21.6. The van der Waals surface area contributed by atoms with Gasteiger partial charge in [0.25, 0.3) is 5.69 Å². The molecular formula is C26H24Cl2N6O6S. The minimum atomic E-state index is -0.491. The standard InChI is InChI=1S/C26H24Cl2N6O6S/c1-37-18-3-5-20(22(13-18)34(35)36)23-7-4-19(40-23)14-29-33-25(15-39-24-6-2-17(27)12-21(24)28)30-32(26(33)41)16-31-8-10-38-11-9-31/h2-7,12-14H,8-11,15-16H2,1H3/b29-14+. The Morgan fingerprint density at radius 3 is 2.71 bits per heavy atom. The fraction of sp³-hybridized carbons (Fsp3) is 0.269. The van der Waals surface area contributed by atoms with Crippen molar-refractivity contribution < 1.29 is 23.6 Å². The van der Waals surface area contributed by atoms with Crippen molar-refractivity contribution in [3.63, 3.8) is 0 Å². The van der Waals surface area contributed by atoms with Crippen LogP contribution in [0, 0.1) is 14.9 Å². The number of benzene rings is 2. The number of hydrogen-bond donors (Lipinski definition) is 0. The van der Waals surface area contributed by atoms with Gasteiger partial charge in [0.05, 0.1) is 54.8 Å². The molecule has 0 saturated carbocycles. The van der Waals surface area contributed by atoms with E-state index in [9.17, 15) is 10.1 Å². The molecule has 4 aromatic rings. The highest BCUT2D eigenvalue weighted by Gasteiger charge is 2.20. The molecule has 2 aromatic heterocycles. The SMILES string of the molecule is COc1ccc(-c2ccc(/C=N/n3c(COc4ccc(Cl)cc4Cl)nn(CN4CCOCC4)c3=S)o2)c([N+](=O)[O-])c1. The van der Waals surface area contributed by atoms with Gasteiger partial charge in [-0.25, -0.2) is 4.68 Å². The van der Waals surface area contributed by atoms with Gasteiger partial charge in [0.1, 0.15) is 29.6 Å². The second-order valence-electron chi connectivity index (χ2n) is 8.83. The molecule has 1 fully saturated rings. The van der Waals surface area contributed by atoms with Crippen LogP contribution in [0.1, 0.15) is 11.6 Å². The normalized spacial score (nSPS) is 14.0. The maximum absolute atomic E-state index is 11.6. The zero-order chi connectivity index (χ0) is 28.9.